The molecule has 13 heavy (non-hydrogen) atoms. The summed E-state index contributed by atoms with van der Waals surface area (Å²) in [5.41, 5.74) is 0. The fraction of sp³-hybridized carbons (Fsp3) is 0.750. The molecule has 1 aromatic heterocycles. The van der Waals surface area contributed by atoms with Crippen molar-refractivity contribution in [2.24, 2.45) is 13.0 Å². The minimum atomic E-state index is 0.890. The molecule has 72 valence electrons. The summed E-state index contributed by atoms with van der Waals surface area (Å²) in [6.45, 7) is 2.39. The summed E-state index contributed by atoms with van der Waals surface area (Å²) in [4.78, 5) is 4.16. The van der Waals surface area contributed by atoms with E-state index in [9.17, 15) is 0 Å². The molecule has 2 heterocycles. The maximum Gasteiger partial charge on any atom is 0.185 e. The van der Waals surface area contributed by atoms with E-state index in [0.717, 1.165) is 16.8 Å². The number of rotatable bonds is 4. The van der Waals surface area contributed by atoms with E-state index < -0.39 is 0 Å². The van der Waals surface area contributed by atoms with Gasteiger partial charge >= 0.3 is 0 Å². The van der Waals surface area contributed by atoms with E-state index in [1.54, 1.807) is 18.1 Å². The molecule has 1 N–H and O–H groups in total. The highest BCUT2D eigenvalue weighted by Crippen LogP contribution is 2.18. The molecular weight excluding hydrogens is 184 g/mol. The molecule has 5 heteroatoms. The van der Waals surface area contributed by atoms with E-state index in [1.807, 2.05) is 11.7 Å². The fourth-order valence-corrected chi connectivity index (χ4v) is 2.28. The zero-order valence-electron chi connectivity index (χ0n) is 7.73. The first-order valence-corrected chi connectivity index (χ1v) is 5.52. The first-order valence-electron chi connectivity index (χ1n) is 4.54. The van der Waals surface area contributed by atoms with Crippen molar-refractivity contribution < 1.29 is 0 Å². The molecule has 1 aliphatic heterocycles. The van der Waals surface area contributed by atoms with Gasteiger partial charge in [0.15, 0.2) is 5.16 Å². The monoisotopic (exact) mass is 198 g/mol. The minimum absolute atomic E-state index is 0.890. The van der Waals surface area contributed by atoms with Gasteiger partial charge in [-0.05, 0) is 25.4 Å². The van der Waals surface area contributed by atoms with Gasteiger partial charge in [-0.25, -0.2) is 9.67 Å². The molecule has 0 unspecified atom stereocenters. The first-order chi connectivity index (χ1) is 6.36. The predicted octanol–water partition coefficient (Wildman–Crippen LogP) is 0.517. The summed E-state index contributed by atoms with van der Waals surface area (Å²) < 4.78 is 1.82. The Kier molecular flexibility index (Phi) is 2.85. The third kappa shape index (κ3) is 2.22. The second-order valence-electron chi connectivity index (χ2n) is 3.33. The van der Waals surface area contributed by atoms with Crippen LogP contribution in [0.5, 0.6) is 0 Å². The predicted molar refractivity (Wildman–Crippen MR) is 52.7 cm³/mol. The van der Waals surface area contributed by atoms with Gasteiger partial charge in [0.2, 0.25) is 0 Å². The Hall–Kier alpha value is -0.550. The van der Waals surface area contributed by atoms with Gasteiger partial charge in [-0.1, -0.05) is 11.8 Å². The number of hydrogen-bond acceptors (Lipinski definition) is 4. The molecule has 0 amide bonds. The highest BCUT2D eigenvalue weighted by atomic mass is 32.2. The molecule has 1 aromatic rings. The lowest BCUT2D eigenvalue weighted by Gasteiger charge is -2.26. The zero-order chi connectivity index (χ0) is 9.10. The maximum atomic E-state index is 4.16. The van der Waals surface area contributed by atoms with Crippen LogP contribution in [0.3, 0.4) is 0 Å². The van der Waals surface area contributed by atoms with Crippen LogP contribution in [-0.2, 0) is 7.05 Å². The molecule has 1 fully saturated rings. The molecule has 0 radical (unpaired) electrons. The molecule has 2 rings (SSSR count). The van der Waals surface area contributed by atoms with Crippen molar-refractivity contribution in [3.63, 3.8) is 0 Å². The number of nitrogens with zero attached hydrogens (tertiary/aromatic N) is 3. The van der Waals surface area contributed by atoms with Crippen LogP contribution in [0.4, 0.5) is 0 Å². The number of nitrogens with one attached hydrogen (secondary N) is 1. The SMILES string of the molecule is Cn1ncnc1SCCC1CNC1. The summed E-state index contributed by atoms with van der Waals surface area (Å²) in [7, 11) is 1.93. The largest absolute Gasteiger partial charge is 0.316 e. The molecule has 0 atom stereocenters. The Morgan fingerprint density at radius 3 is 3.08 bits per heavy atom. The highest BCUT2D eigenvalue weighted by Gasteiger charge is 2.16. The average Bonchev–Trinajstić information content (AvgIpc) is 2.42. The Bertz CT molecular complexity index is 269. The van der Waals surface area contributed by atoms with Gasteiger partial charge in [-0.2, -0.15) is 5.10 Å². The topological polar surface area (TPSA) is 42.7 Å². The average molecular weight is 198 g/mol. The van der Waals surface area contributed by atoms with Crippen molar-refractivity contribution >= 4 is 11.8 Å². The molecule has 4 nitrogen and oxygen atoms in total. The lowest BCUT2D eigenvalue weighted by molar-refractivity contribution is 0.341. The second-order valence-corrected chi connectivity index (χ2v) is 4.39. The number of aryl methyl sites for hydroxylation is 1. The lowest BCUT2D eigenvalue weighted by Crippen LogP contribution is -2.42. The molecular formula is C8H14N4S. The van der Waals surface area contributed by atoms with Gasteiger partial charge in [-0.3, -0.25) is 0 Å². The summed E-state index contributed by atoms with van der Waals surface area (Å²) in [5.74, 6) is 2.04. The number of hydrogen-bond donors (Lipinski definition) is 1. The number of thioether (sulfide) groups is 1. The Morgan fingerprint density at radius 1 is 1.69 bits per heavy atom. The fourth-order valence-electron chi connectivity index (χ4n) is 1.29. The van der Waals surface area contributed by atoms with Crippen molar-refractivity contribution in [3.8, 4) is 0 Å². The molecule has 0 bridgehead atoms. The van der Waals surface area contributed by atoms with Gasteiger partial charge in [0.1, 0.15) is 6.33 Å². The van der Waals surface area contributed by atoms with Crippen molar-refractivity contribution in [2.45, 2.75) is 11.6 Å². The van der Waals surface area contributed by atoms with Crippen LogP contribution in [0.15, 0.2) is 11.5 Å². The van der Waals surface area contributed by atoms with E-state index in [4.69, 9.17) is 0 Å². The molecule has 1 aliphatic rings. The van der Waals surface area contributed by atoms with Crippen molar-refractivity contribution in [2.75, 3.05) is 18.8 Å². The highest BCUT2D eigenvalue weighted by molar-refractivity contribution is 7.99. The molecule has 0 aromatic carbocycles. The van der Waals surface area contributed by atoms with Crippen LogP contribution >= 0.6 is 11.8 Å². The second kappa shape index (κ2) is 4.11. The van der Waals surface area contributed by atoms with Crippen molar-refractivity contribution in [1.29, 1.82) is 0 Å². The standard InChI is InChI=1S/C8H14N4S/c1-12-8(10-6-11-12)13-3-2-7-4-9-5-7/h6-7,9H,2-5H2,1H3. The van der Waals surface area contributed by atoms with Gasteiger partial charge in [0, 0.05) is 12.8 Å². The first kappa shape index (κ1) is 9.02. The van der Waals surface area contributed by atoms with Crippen LogP contribution < -0.4 is 5.32 Å². The lowest BCUT2D eigenvalue weighted by atomic mass is 10.0. The van der Waals surface area contributed by atoms with E-state index in [1.165, 1.54) is 19.5 Å². The van der Waals surface area contributed by atoms with Crippen molar-refractivity contribution in [1.82, 2.24) is 20.1 Å². The zero-order valence-corrected chi connectivity index (χ0v) is 8.55. The van der Waals surface area contributed by atoms with Crippen LogP contribution in [-0.4, -0.2) is 33.6 Å². The van der Waals surface area contributed by atoms with Crippen LogP contribution in [0.25, 0.3) is 0 Å². The summed E-state index contributed by atoms with van der Waals surface area (Å²) in [6, 6.07) is 0. The smallest absolute Gasteiger partial charge is 0.185 e. The summed E-state index contributed by atoms with van der Waals surface area (Å²) in [5, 5.41) is 8.32. The summed E-state index contributed by atoms with van der Waals surface area (Å²) >= 11 is 1.79. The van der Waals surface area contributed by atoms with E-state index >= 15 is 0 Å². The van der Waals surface area contributed by atoms with E-state index in [2.05, 4.69) is 15.4 Å². The summed E-state index contributed by atoms with van der Waals surface area (Å²) in [6.07, 6.45) is 2.89. The molecule has 0 spiro atoms. The van der Waals surface area contributed by atoms with Gasteiger partial charge < -0.3 is 5.32 Å². The quantitative estimate of drug-likeness (QED) is 0.716. The Morgan fingerprint density at radius 2 is 2.54 bits per heavy atom. The van der Waals surface area contributed by atoms with Crippen LogP contribution in [0.1, 0.15) is 6.42 Å². The molecule has 0 saturated carbocycles. The van der Waals surface area contributed by atoms with Gasteiger partial charge in [0.05, 0.1) is 0 Å². The third-order valence-electron chi connectivity index (χ3n) is 2.29. The van der Waals surface area contributed by atoms with Gasteiger partial charge in [0.25, 0.3) is 0 Å². The van der Waals surface area contributed by atoms with Crippen LogP contribution in [0, 0.1) is 5.92 Å². The maximum absolute atomic E-state index is 4.16. The van der Waals surface area contributed by atoms with Crippen LogP contribution in [0.2, 0.25) is 0 Å². The minimum Gasteiger partial charge on any atom is -0.316 e. The molecule has 0 aliphatic carbocycles. The van der Waals surface area contributed by atoms with E-state index in [-0.39, 0.29) is 0 Å². The van der Waals surface area contributed by atoms with E-state index in [0.29, 0.717) is 0 Å². The Labute approximate surface area is 82.1 Å². The number of aromatic nitrogens is 3. The van der Waals surface area contributed by atoms with Crippen molar-refractivity contribution in [3.05, 3.63) is 6.33 Å². The third-order valence-corrected chi connectivity index (χ3v) is 3.36. The van der Waals surface area contributed by atoms with Gasteiger partial charge in [-0.15, -0.1) is 0 Å². The Balaban J connectivity index is 1.70. The normalized spacial score (nSPS) is 17.3. The molecule has 1 saturated heterocycles.